The van der Waals surface area contributed by atoms with Crippen molar-refractivity contribution in [3.05, 3.63) is 36.3 Å². The molecule has 0 bridgehead atoms. The van der Waals surface area contributed by atoms with Gasteiger partial charge in [0.2, 0.25) is 5.95 Å². The normalized spacial score (nSPS) is 21.0. The van der Waals surface area contributed by atoms with Gasteiger partial charge in [0.15, 0.2) is 11.6 Å². The number of hydrogen-bond donors (Lipinski definition) is 2. The molecule has 1 aromatic carbocycles. The van der Waals surface area contributed by atoms with Crippen LogP contribution >= 0.6 is 0 Å². The Bertz CT molecular complexity index is 671. The van der Waals surface area contributed by atoms with Gasteiger partial charge in [-0.1, -0.05) is 0 Å². The number of benzene rings is 1. The van der Waals surface area contributed by atoms with Gasteiger partial charge in [0.1, 0.15) is 0 Å². The number of nitrogens with one attached hydrogen (secondary N) is 1. The van der Waals surface area contributed by atoms with Crippen molar-refractivity contribution in [2.24, 2.45) is 5.73 Å². The third-order valence-electron chi connectivity index (χ3n) is 4.21. The Hall–Kier alpha value is -2.21. The SMILES string of the molecule is COc1ccc(-c2ccnc(NC3CCC(N)CC3)n2)cc1F. The van der Waals surface area contributed by atoms with Gasteiger partial charge in [-0.25, -0.2) is 14.4 Å². The van der Waals surface area contributed by atoms with Gasteiger partial charge in [-0.15, -0.1) is 0 Å². The fourth-order valence-corrected chi connectivity index (χ4v) is 2.86. The predicted octanol–water partition coefficient (Wildman–Crippen LogP) is 2.97. The Morgan fingerprint density at radius 3 is 2.70 bits per heavy atom. The second-order valence-corrected chi connectivity index (χ2v) is 5.87. The van der Waals surface area contributed by atoms with Crippen LogP contribution in [0.15, 0.2) is 30.5 Å². The summed E-state index contributed by atoms with van der Waals surface area (Å²) in [6.07, 6.45) is 5.75. The lowest BCUT2D eigenvalue weighted by molar-refractivity contribution is 0.386. The van der Waals surface area contributed by atoms with Crippen molar-refractivity contribution in [1.29, 1.82) is 0 Å². The summed E-state index contributed by atoms with van der Waals surface area (Å²) in [4.78, 5) is 8.75. The van der Waals surface area contributed by atoms with Crippen molar-refractivity contribution >= 4 is 5.95 Å². The number of halogens is 1. The monoisotopic (exact) mass is 316 g/mol. The van der Waals surface area contributed by atoms with Crippen LogP contribution in [0, 0.1) is 5.82 Å². The van der Waals surface area contributed by atoms with Crippen molar-refractivity contribution in [3.63, 3.8) is 0 Å². The Labute approximate surface area is 135 Å². The fraction of sp³-hybridized carbons (Fsp3) is 0.412. The Morgan fingerprint density at radius 2 is 2.00 bits per heavy atom. The summed E-state index contributed by atoms with van der Waals surface area (Å²) in [7, 11) is 1.45. The highest BCUT2D eigenvalue weighted by Gasteiger charge is 2.19. The first-order valence-corrected chi connectivity index (χ1v) is 7.85. The molecule has 0 amide bonds. The molecular weight excluding hydrogens is 295 g/mol. The molecule has 0 saturated heterocycles. The molecule has 0 radical (unpaired) electrons. The van der Waals surface area contributed by atoms with Gasteiger partial charge in [-0.2, -0.15) is 0 Å². The van der Waals surface area contributed by atoms with Crippen LogP contribution in [0.3, 0.4) is 0 Å². The molecule has 1 aliphatic carbocycles. The van der Waals surface area contributed by atoms with Crippen LogP contribution in [0.4, 0.5) is 10.3 Å². The van der Waals surface area contributed by atoms with Gasteiger partial charge >= 0.3 is 0 Å². The van der Waals surface area contributed by atoms with Crippen molar-refractivity contribution in [2.45, 2.75) is 37.8 Å². The predicted molar refractivity (Wildman–Crippen MR) is 87.8 cm³/mol. The highest BCUT2D eigenvalue weighted by molar-refractivity contribution is 5.61. The van der Waals surface area contributed by atoms with Crippen LogP contribution < -0.4 is 15.8 Å². The third kappa shape index (κ3) is 3.76. The van der Waals surface area contributed by atoms with Crippen LogP contribution in [0.25, 0.3) is 11.3 Å². The summed E-state index contributed by atoms with van der Waals surface area (Å²) in [5, 5.41) is 3.35. The van der Waals surface area contributed by atoms with Crippen LogP contribution in [-0.2, 0) is 0 Å². The number of anilines is 1. The van der Waals surface area contributed by atoms with E-state index in [9.17, 15) is 4.39 Å². The van der Waals surface area contributed by atoms with Gasteiger partial charge in [-0.3, -0.25) is 0 Å². The highest BCUT2D eigenvalue weighted by atomic mass is 19.1. The molecule has 1 aromatic heterocycles. The summed E-state index contributed by atoms with van der Waals surface area (Å²) < 4.78 is 18.8. The van der Waals surface area contributed by atoms with Crippen LogP contribution in [0.5, 0.6) is 5.75 Å². The average molecular weight is 316 g/mol. The lowest BCUT2D eigenvalue weighted by Gasteiger charge is -2.26. The van der Waals surface area contributed by atoms with E-state index in [1.54, 1.807) is 24.4 Å². The minimum Gasteiger partial charge on any atom is -0.494 e. The Kier molecular flexibility index (Phi) is 4.71. The molecule has 3 rings (SSSR count). The topological polar surface area (TPSA) is 73.1 Å². The quantitative estimate of drug-likeness (QED) is 0.907. The van der Waals surface area contributed by atoms with E-state index in [1.165, 1.54) is 13.2 Å². The molecule has 1 heterocycles. The Morgan fingerprint density at radius 1 is 1.22 bits per heavy atom. The molecular formula is C17H21FN4O. The van der Waals surface area contributed by atoms with E-state index in [0.717, 1.165) is 25.7 Å². The maximum absolute atomic E-state index is 13.9. The van der Waals surface area contributed by atoms with E-state index in [4.69, 9.17) is 10.5 Å². The lowest BCUT2D eigenvalue weighted by atomic mass is 9.92. The van der Waals surface area contributed by atoms with Crippen LogP contribution in [0.1, 0.15) is 25.7 Å². The van der Waals surface area contributed by atoms with Crippen molar-refractivity contribution in [1.82, 2.24) is 9.97 Å². The first kappa shape index (κ1) is 15.7. The molecule has 3 N–H and O–H groups in total. The van der Waals surface area contributed by atoms with E-state index in [0.29, 0.717) is 29.3 Å². The van der Waals surface area contributed by atoms with Crippen molar-refractivity contribution in [2.75, 3.05) is 12.4 Å². The first-order valence-electron chi connectivity index (χ1n) is 7.85. The zero-order valence-corrected chi connectivity index (χ0v) is 13.1. The number of rotatable bonds is 4. The zero-order valence-electron chi connectivity index (χ0n) is 13.1. The standard InChI is InChI=1S/C17H21FN4O/c1-23-16-7-2-11(10-14(16)18)15-8-9-20-17(22-15)21-13-5-3-12(19)4-6-13/h2,7-10,12-13H,3-6,19H2,1H3,(H,20,21,22). The minimum atomic E-state index is -0.403. The number of nitrogens with zero attached hydrogens (tertiary/aromatic N) is 2. The molecule has 1 fully saturated rings. The number of aromatic nitrogens is 2. The molecule has 122 valence electrons. The van der Waals surface area contributed by atoms with E-state index < -0.39 is 5.82 Å². The number of ether oxygens (including phenoxy) is 1. The van der Waals surface area contributed by atoms with Crippen LogP contribution in [-0.4, -0.2) is 29.2 Å². The van der Waals surface area contributed by atoms with Gasteiger partial charge in [0.25, 0.3) is 0 Å². The summed E-state index contributed by atoms with van der Waals surface area (Å²) >= 11 is 0. The molecule has 0 aliphatic heterocycles. The second kappa shape index (κ2) is 6.91. The summed E-state index contributed by atoms with van der Waals surface area (Å²) in [5.41, 5.74) is 7.29. The van der Waals surface area contributed by atoms with Crippen LogP contribution in [0.2, 0.25) is 0 Å². The largest absolute Gasteiger partial charge is 0.494 e. The van der Waals surface area contributed by atoms with E-state index in [2.05, 4.69) is 15.3 Å². The van der Waals surface area contributed by atoms with Gasteiger partial charge < -0.3 is 15.8 Å². The second-order valence-electron chi connectivity index (χ2n) is 5.87. The van der Waals surface area contributed by atoms with Gasteiger partial charge in [0.05, 0.1) is 12.8 Å². The molecule has 1 saturated carbocycles. The summed E-state index contributed by atoms with van der Waals surface area (Å²) in [6, 6.07) is 7.23. The fourth-order valence-electron chi connectivity index (χ4n) is 2.86. The maximum Gasteiger partial charge on any atom is 0.223 e. The third-order valence-corrected chi connectivity index (χ3v) is 4.21. The minimum absolute atomic E-state index is 0.222. The lowest BCUT2D eigenvalue weighted by Crippen LogP contribution is -2.33. The highest BCUT2D eigenvalue weighted by Crippen LogP contribution is 2.25. The van der Waals surface area contributed by atoms with E-state index in [-0.39, 0.29) is 5.75 Å². The maximum atomic E-state index is 13.9. The number of hydrogen-bond acceptors (Lipinski definition) is 5. The number of methoxy groups -OCH3 is 1. The smallest absolute Gasteiger partial charge is 0.223 e. The molecule has 23 heavy (non-hydrogen) atoms. The molecule has 0 atom stereocenters. The van der Waals surface area contributed by atoms with Gasteiger partial charge in [-0.05, 0) is 49.9 Å². The van der Waals surface area contributed by atoms with E-state index in [1.807, 2.05) is 0 Å². The molecule has 1 aliphatic rings. The van der Waals surface area contributed by atoms with Crippen molar-refractivity contribution < 1.29 is 9.13 Å². The molecule has 2 aromatic rings. The molecule has 0 unspecified atom stereocenters. The molecule has 0 spiro atoms. The first-order chi connectivity index (χ1) is 11.2. The Balaban J connectivity index is 1.76. The average Bonchev–Trinajstić information content (AvgIpc) is 2.57. The summed E-state index contributed by atoms with van der Waals surface area (Å²) in [6.45, 7) is 0. The zero-order chi connectivity index (χ0) is 16.2. The van der Waals surface area contributed by atoms with E-state index >= 15 is 0 Å². The number of nitrogens with two attached hydrogens (primary N) is 1. The van der Waals surface area contributed by atoms with Crippen molar-refractivity contribution in [3.8, 4) is 17.0 Å². The van der Waals surface area contributed by atoms with Gasteiger partial charge in [0, 0.05) is 23.8 Å². The molecule has 6 heteroatoms. The summed E-state index contributed by atoms with van der Waals surface area (Å²) in [5.74, 6) is 0.387. The molecule has 5 nitrogen and oxygen atoms in total.